The maximum Gasteiger partial charge on any atom is 0.408 e. The predicted octanol–water partition coefficient (Wildman–Crippen LogP) is 1.51. The Morgan fingerprint density at radius 2 is 1.91 bits per heavy atom. The highest BCUT2D eigenvalue weighted by Crippen LogP contribution is 2.25. The second-order valence-electron chi connectivity index (χ2n) is 7.16. The summed E-state index contributed by atoms with van der Waals surface area (Å²) in [5.41, 5.74) is -0.583. The number of alkyl carbamates (subject to hydrolysis) is 1. The van der Waals surface area contributed by atoms with Gasteiger partial charge in [-0.1, -0.05) is 0 Å². The van der Waals surface area contributed by atoms with Crippen LogP contribution in [0.1, 0.15) is 40.5 Å². The largest absolute Gasteiger partial charge is 0.444 e. The number of carbonyl (C=O) groups is 2. The molecule has 7 nitrogen and oxygen atoms in total. The van der Waals surface area contributed by atoms with Gasteiger partial charge in [0.05, 0.1) is 13.2 Å². The van der Waals surface area contributed by atoms with Crippen molar-refractivity contribution in [1.29, 1.82) is 0 Å². The second-order valence-corrected chi connectivity index (χ2v) is 7.16. The molecule has 0 radical (unpaired) electrons. The molecule has 1 N–H and O–H groups in total. The Morgan fingerprint density at radius 3 is 2.52 bits per heavy atom. The maximum absolute atomic E-state index is 12.5. The molecule has 0 spiro atoms. The van der Waals surface area contributed by atoms with Gasteiger partial charge in [0.25, 0.3) is 0 Å². The SMILES string of the molecule is C[C@@H](NC(=O)OC(C)(C)C)C(=O)N1CCCC(C2OCCO2)C1. The first-order valence-electron chi connectivity index (χ1n) is 8.28. The molecular formula is C16H28N2O5. The zero-order chi connectivity index (χ0) is 17.0. The molecule has 2 amide bonds. The van der Waals surface area contributed by atoms with Crippen LogP contribution in [0.15, 0.2) is 0 Å². The molecule has 23 heavy (non-hydrogen) atoms. The smallest absolute Gasteiger partial charge is 0.408 e. The number of carbonyl (C=O) groups excluding carboxylic acids is 2. The van der Waals surface area contributed by atoms with Crippen LogP contribution >= 0.6 is 0 Å². The van der Waals surface area contributed by atoms with Crippen molar-refractivity contribution in [3.8, 4) is 0 Å². The number of hydrogen-bond acceptors (Lipinski definition) is 5. The van der Waals surface area contributed by atoms with Crippen LogP contribution in [0.25, 0.3) is 0 Å². The highest BCUT2D eigenvalue weighted by molar-refractivity contribution is 5.85. The van der Waals surface area contributed by atoms with Gasteiger partial charge >= 0.3 is 6.09 Å². The first-order chi connectivity index (χ1) is 10.8. The summed E-state index contributed by atoms with van der Waals surface area (Å²) >= 11 is 0. The molecular weight excluding hydrogens is 300 g/mol. The first-order valence-corrected chi connectivity index (χ1v) is 8.28. The quantitative estimate of drug-likeness (QED) is 0.850. The van der Waals surface area contributed by atoms with Crippen LogP contribution in [0.2, 0.25) is 0 Å². The van der Waals surface area contributed by atoms with Crippen LogP contribution in [0.5, 0.6) is 0 Å². The second kappa shape index (κ2) is 7.49. The minimum absolute atomic E-state index is 0.0986. The minimum atomic E-state index is -0.617. The summed E-state index contributed by atoms with van der Waals surface area (Å²) in [4.78, 5) is 26.1. The molecule has 0 saturated carbocycles. The lowest BCUT2D eigenvalue weighted by Gasteiger charge is -2.36. The van der Waals surface area contributed by atoms with Gasteiger partial charge in [-0.3, -0.25) is 4.79 Å². The van der Waals surface area contributed by atoms with Crippen molar-refractivity contribution in [2.24, 2.45) is 5.92 Å². The summed E-state index contributed by atoms with van der Waals surface area (Å²) in [6.45, 7) is 9.57. The molecule has 2 atom stereocenters. The third kappa shape index (κ3) is 5.35. The molecule has 2 aliphatic rings. The average molecular weight is 328 g/mol. The molecule has 0 bridgehead atoms. The highest BCUT2D eigenvalue weighted by Gasteiger charge is 2.34. The van der Waals surface area contributed by atoms with Crippen LogP contribution in [0, 0.1) is 5.92 Å². The van der Waals surface area contributed by atoms with E-state index in [0.29, 0.717) is 26.3 Å². The summed E-state index contributed by atoms with van der Waals surface area (Å²) in [5, 5.41) is 2.60. The summed E-state index contributed by atoms with van der Waals surface area (Å²) in [7, 11) is 0. The number of ether oxygens (including phenoxy) is 3. The Kier molecular flexibility index (Phi) is 5.86. The standard InChI is InChI=1S/C16H28N2O5/c1-11(17-15(20)23-16(2,3)4)13(19)18-7-5-6-12(10-18)14-21-8-9-22-14/h11-12,14H,5-10H2,1-4H3,(H,17,20)/t11-,12?/m1/s1. The number of nitrogens with one attached hydrogen (secondary N) is 1. The molecule has 0 aliphatic carbocycles. The molecule has 0 aromatic rings. The van der Waals surface area contributed by atoms with E-state index in [1.54, 1.807) is 32.6 Å². The fraction of sp³-hybridized carbons (Fsp3) is 0.875. The fourth-order valence-corrected chi connectivity index (χ4v) is 2.90. The van der Waals surface area contributed by atoms with Gasteiger partial charge in [-0.15, -0.1) is 0 Å². The van der Waals surface area contributed by atoms with Gasteiger partial charge < -0.3 is 24.4 Å². The number of likely N-dealkylation sites (tertiary alicyclic amines) is 1. The lowest BCUT2D eigenvalue weighted by molar-refractivity contribution is -0.141. The minimum Gasteiger partial charge on any atom is -0.444 e. The molecule has 2 saturated heterocycles. The highest BCUT2D eigenvalue weighted by atomic mass is 16.7. The molecule has 2 rings (SSSR count). The van der Waals surface area contributed by atoms with Crippen LogP contribution in [0.4, 0.5) is 4.79 Å². The van der Waals surface area contributed by atoms with E-state index >= 15 is 0 Å². The Hall–Kier alpha value is -1.34. The first kappa shape index (κ1) is 18.0. The van der Waals surface area contributed by atoms with E-state index in [2.05, 4.69) is 5.32 Å². The van der Waals surface area contributed by atoms with Gasteiger partial charge in [0.15, 0.2) is 6.29 Å². The Labute approximate surface area is 137 Å². The van der Waals surface area contributed by atoms with Crippen molar-refractivity contribution >= 4 is 12.0 Å². The van der Waals surface area contributed by atoms with E-state index in [9.17, 15) is 9.59 Å². The van der Waals surface area contributed by atoms with Crippen molar-refractivity contribution in [3.05, 3.63) is 0 Å². The Morgan fingerprint density at radius 1 is 1.26 bits per heavy atom. The zero-order valence-electron chi connectivity index (χ0n) is 14.5. The van der Waals surface area contributed by atoms with E-state index < -0.39 is 17.7 Å². The van der Waals surface area contributed by atoms with Crippen molar-refractivity contribution in [3.63, 3.8) is 0 Å². The van der Waals surface area contributed by atoms with Gasteiger partial charge in [0.2, 0.25) is 5.91 Å². The summed E-state index contributed by atoms with van der Waals surface area (Å²) in [6, 6.07) is -0.617. The molecule has 132 valence electrons. The van der Waals surface area contributed by atoms with Crippen LogP contribution < -0.4 is 5.32 Å². The van der Waals surface area contributed by atoms with E-state index in [1.807, 2.05) is 0 Å². The Bertz CT molecular complexity index is 429. The predicted molar refractivity (Wildman–Crippen MR) is 83.8 cm³/mol. The van der Waals surface area contributed by atoms with E-state index in [0.717, 1.165) is 12.8 Å². The lowest BCUT2D eigenvalue weighted by atomic mass is 9.97. The van der Waals surface area contributed by atoms with Crippen molar-refractivity contribution in [1.82, 2.24) is 10.2 Å². The van der Waals surface area contributed by atoms with Crippen LogP contribution in [-0.2, 0) is 19.0 Å². The molecule has 7 heteroatoms. The van der Waals surface area contributed by atoms with Crippen LogP contribution in [0.3, 0.4) is 0 Å². The number of hydrogen-bond donors (Lipinski definition) is 1. The maximum atomic E-state index is 12.5. The van der Waals surface area contributed by atoms with Crippen LogP contribution in [-0.4, -0.2) is 61.1 Å². The number of rotatable bonds is 3. The zero-order valence-corrected chi connectivity index (χ0v) is 14.5. The summed E-state index contributed by atoms with van der Waals surface area (Å²) in [6.07, 6.45) is 1.12. The topological polar surface area (TPSA) is 77.1 Å². The van der Waals surface area contributed by atoms with E-state index in [-0.39, 0.29) is 18.1 Å². The van der Waals surface area contributed by atoms with Gasteiger partial charge in [-0.25, -0.2) is 4.79 Å². The number of piperidine rings is 1. The van der Waals surface area contributed by atoms with Gasteiger partial charge in [0, 0.05) is 19.0 Å². The molecule has 0 aromatic carbocycles. The van der Waals surface area contributed by atoms with Gasteiger partial charge in [-0.05, 0) is 40.5 Å². The normalized spacial score (nSPS) is 24.3. The number of amides is 2. The third-order valence-electron chi connectivity index (χ3n) is 3.91. The molecule has 2 aliphatic heterocycles. The molecule has 0 aromatic heterocycles. The fourth-order valence-electron chi connectivity index (χ4n) is 2.90. The molecule has 2 fully saturated rings. The Balaban J connectivity index is 1.84. The lowest BCUT2D eigenvalue weighted by Crippen LogP contribution is -2.52. The molecule has 1 unspecified atom stereocenters. The summed E-state index contributed by atoms with van der Waals surface area (Å²) < 4.78 is 16.3. The number of nitrogens with zero attached hydrogens (tertiary/aromatic N) is 1. The van der Waals surface area contributed by atoms with Crippen molar-refractivity contribution in [2.75, 3.05) is 26.3 Å². The monoisotopic (exact) mass is 328 g/mol. The van der Waals surface area contributed by atoms with Crippen molar-refractivity contribution in [2.45, 2.75) is 58.5 Å². The van der Waals surface area contributed by atoms with Gasteiger partial charge in [0.1, 0.15) is 11.6 Å². The van der Waals surface area contributed by atoms with Gasteiger partial charge in [-0.2, -0.15) is 0 Å². The third-order valence-corrected chi connectivity index (χ3v) is 3.91. The van der Waals surface area contributed by atoms with E-state index in [4.69, 9.17) is 14.2 Å². The summed E-state index contributed by atoms with van der Waals surface area (Å²) in [5.74, 6) is 0.0995. The average Bonchev–Trinajstić information content (AvgIpc) is 2.98. The van der Waals surface area contributed by atoms with Crippen molar-refractivity contribution < 1.29 is 23.8 Å². The van der Waals surface area contributed by atoms with E-state index in [1.165, 1.54) is 0 Å². The molecule has 2 heterocycles.